The zero-order valence-electron chi connectivity index (χ0n) is 6.24. The number of halogens is 1. The molecule has 62 valence electrons. The highest BCUT2D eigenvalue weighted by Gasteiger charge is 2.06. The number of rotatable bonds is 1. The molecule has 2 aromatic heterocycles. The Morgan fingerprint density at radius 1 is 1.50 bits per heavy atom. The summed E-state index contributed by atoms with van der Waals surface area (Å²) in [5.41, 5.74) is 1.01. The van der Waals surface area contributed by atoms with Gasteiger partial charge in [0.05, 0.1) is 5.56 Å². The molecule has 0 spiro atoms. The monoisotopic (exact) mass is 292 g/mol. The molecular weight excluding hydrogens is 287 g/mol. The van der Waals surface area contributed by atoms with E-state index >= 15 is 0 Å². The largest absolute Gasteiger partial charge is 0.469 e. The zero-order valence-corrected chi connectivity index (χ0v) is 9.22. The molecule has 2 heterocycles. The average molecular weight is 292 g/mol. The third-order valence-corrected chi connectivity index (χ3v) is 3.01. The van der Waals surface area contributed by atoms with Crippen molar-refractivity contribution >= 4 is 33.9 Å². The van der Waals surface area contributed by atoms with Gasteiger partial charge in [-0.05, 0) is 35.6 Å². The molecule has 0 unspecified atom stereocenters. The summed E-state index contributed by atoms with van der Waals surface area (Å²) in [6, 6.07) is 1.95. The van der Waals surface area contributed by atoms with Crippen LogP contribution in [-0.4, -0.2) is 10.2 Å². The Morgan fingerprint density at radius 2 is 2.33 bits per heavy atom. The lowest BCUT2D eigenvalue weighted by Crippen LogP contribution is -1.71. The first kappa shape index (κ1) is 8.18. The molecule has 0 amide bonds. The fourth-order valence-electron chi connectivity index (χ4n) is 0.878. The Balaban J connectivity index is 2.43. The van der Waals surface area contributed by atoms with Gasteiger partial charge in [0.1, 0.15) is 12.0 Å². The third-order valence-electron chi connectivity index (χ3n) is 1.38. The molecule has 5 heteroatoms. The van der Waals surface area contributed by atoms with E-state index in [4.69, 9.17) is 4.42 Å². The van der Waals surface area contributed by atoms with Crippen LogP contribution in [0.1, 0.15) is 5.76 Å². The van der Waals surface area contributed by atoms with Gasteiger partial charge in [0, 0.05) is 0 Å². The van der Waals surface area contributed by atoms with Crippen molar-refractivity contribution in [2.24, 2.45) is 0 Å². The summed E-state index contributed by atoms with van der Waals surface area (Å²) in [6.07, 6.45) is 1.70. The Kier molecular flexibility index (Phi) is 2.14. The van der Waals surface area contributed by atoms with Gasteiger partial charge in [0.15, 0.2) is 8.02 Å². The van der Waals surface area contributed by atoms with Gasteiger partial charge in [0.25, 0.3) is 0 Å². The van der Waals surface area contributed by atoms with Gasteiger partial charge in [0.2, 0.25) is 0 Å². The zero-order chi connectivity index (χ0) is 8.55. The highest BCUT2D eigenvalue weighted by atomic mass is 127. The van der Waals surface area contributed by atoms with Crippen LogP contribution in [0.25, 0.3) is 10.6 Å². The van der Waals surface area contributed by atoms with Gasteiger partial charge >= 0.3 is 0 Å². The minimum atomic E-state index is 0.898. The van der Waals surface area contributed by atoms with Crippen molar-refractivity contribution in [2.75, 3.05) is 0 Å². The molecule has 0 atom stereocenters. The summed E-state index contributed by atoms with van der Waals surface area (Å²) in [5, 5.41) is 8.83. The Hall–Kier alpha value is -0.430. The van der Waals surface area contributed by atoms with Crippen molar-refractivity contribution in [3.63, 3.8) is 0 Å². The van der Waals surface area contributed by atoms with Crippen molar-refractivity contribution in [3.8, 4) is 10.6 Å². The van der Waals surface area contributed by atoms with Gasteiger partial charge in [-0.25, -0.2) is 0 Å². The first-order valence-corrected chi connectivity index (χ1v) is 5.20. The van der Waals surface area contributed by atoms with Crippen LogP contribution in [0, 0.1) is 9.94 Å². The van der Waals surface area contributed by atoms with E-state index < -0.39 is 0 Å². The second-order valence-electron chi connectivity index (χ2n) is 2.31. The lowest BCUT2D eigenvalue weighted by atomic mass is 10.3. The fraction of sp³-hybridized carbons (Fsp3) is 0.143. The number of hydrogen-bond acceptors (Lipinski definition) is 4. The Morgan fingerprint density at radius 3 is 2.83 bits per heavy atom. The second-order valence-corrected chi connectivity index (χ2v) is 5.04. The summed E-state index contributed by atoms with van der Waals surface area (Å²) in [7, 11) is 0. The molecule has 2 rings (SSSR count). The van der Waals surface area contributed by atoms with Crippen LogP contribution in [0.5, 0.6) is 0 Å². The average Bonchev–Trinajstić information content (AvgIpc) is 2.58. The van der Waals surface area contributed by atoms with Gasteiger partial charge in [-0.3, -0.25) is 0 Å². The maximum Gasteiger partial charge on any atom is 0.178 e. The predicted octanol–water partition coefficient (Wildman–Crippen LogP) is 2.71. The maximum absolute atomic E-state index is 5.16. The summed E-state index contributed by atoms with van der Waals surface area (Å²) in [5.74, 6) is 0.898. The van der Waals surface area contributed by atoms with E-state index in [0.29, 0.717) is 0 Å². The molecule has 0 saturated carbocycles. The number of hydrogen-bond donors (Lipinski definition) is 0. The molecule has 0 aliphatic heterocycles. The summed E-state index contributed by atoms with van der Waals surface area (Å²) < 4.78 is 6.11. The first-order valence-electron chi connectivity index (χ1n) is 3.30. The quantitative estimate of drug-likeness (QED) is 0.759. The van der Waals surface area contributed by atoms with Crippen molar-refractivity contribution in [1.82, 2.24) is 10.2 Å². The standard InChI is InChI=1S/C7H5IN2OS/c1-4-2-5(3-11-4)6-9-10-7(8)12-6/h2-3H,1H3. The van der Waals surface area contributed by atoms with Crippen LogP contribution in [0.3, 0.4) is 0 Å². The number of aromatic nitrogens is 2. The fourth-order valence-corrected chi connectivity index (χ4v) is 2.16. The molecule has 0 aliphatic carbocycles. The molecule has 12 heavy (non-hydrogen) atoms. The van der Waals surface area contributed by atoms with Crippen molar-refractivity contribution in [2.45, 2.75) is 6.92 Å². The Bertz CT molecular complexity index is 357. The van der Waals surface area contributed by atoms with Crippen LogP contribution in [-0.2, 0) is 0 Å². The van der Waals surface area contributed by atoms with Crippen molar-refractivity contribution < 1.29 is 4.42 Å². The third kappa shape index (κ3) is 1.51. The predicted molar refractivity (Wildman–Crippen MR) is 55.1 cm³/mol. The van der Waals surface area contributed by atoms with Gasteiger partial charge < -0.3 is 4.42 Å². The highest BCUT2D eigenvalue weighted by molar-refractivity contribution is 14.1. The highest BCUT2D eigenvalue weighted by Crippen LogP contribution is 2.25. The molecule has 0 N–H and O–H groups in total. The lowest BCUT2D eigenvalue weighted by molar-refractivity contribution is 0.535. The topological polar surface area (TPSA) is 38.9 Å². The van der Waals surface area contributed by atoms with E-state index in [2.05, 4.69) is 32.8 Å². The molecule has 0 aromatic carbocycles. The molecule has 0 fully saturated rings. The minimum Gasteiger partial charge on any atom is -0.469 e. The Labute approximate surface area is 87.0 Å². The smallest absolute Gasteiger partial charge is 0.178 e. The van der Waals surface area contributed by atoms with Crippen LogP contribution in [0.15, 0.2) is 16.7 Å². The SMILES string of the molecule is Cc1cc(-c2nnc(I)s2)co1. The van der Waals surface area contributed by atoms with E-state index in [9.17, 15) is 0 Å². The van der Waals surface area contributed by atoms with Crippen molar-refractivity contribution in [3.05, 3.63) is 21.1 Å². The molecule has 2 aromatic rings. The van der Waals surface area contributed by atoms with Crippen LogP contribution < -0.4 is 0 Å². The molecule has 3 nitrogen and oxygen atoms in total. The minimum absolute atomic E-state index is 0.898. The van der Waals surface area contributed by atoms with Crippen LogP contribution >= 0.6 is 33.9 Å². The first-order chi connectivity index (χ1) is 5.75. The van der Waals surface area contributed by atoms with E-state index in [-0.39, 0.29) is 0 Å². The molecule has 0 aliphatic rings. The van der Waals surface area contributed by atoms with Crippen LogP contribution in [0.2, 0.25) is 0 Å². The van der Waals surface area contributed by atoms with E-state index in [1.165, 1.54) is 0 Å². The van der Waals surface area contributed by atoms with E-state index in [1.807, 2.05) is 13.0 Å². The van der Waals surface area contributed by atoms with Gasteiger partial charge in [-0.1, -0.05) is 11.3 Å². The number of furan rings is 1. The summed E-state index contributed by atoms with van der Waals surface area (Å²) in [6.45, 7) is 1.91. The maximum atomic E-state index is 5.16. The molecule has 0 radical (unpaired) electrons. The van der Waals surface area contributed by atoms with Crippen molar-refractivity contribution in [1.29, 1.82) is 0 Å². The summed E-state index contributed by atoms with van der Waals surface area (Å²) in [4.78, 5) is 0. The molecular formula is C7H5IN2OS. The molecule has 0 bridgehead atoms. The van der Waals surface area contributed by atoms with E-state index in [0.717, 1.165) is 19.3 Å². The lowest BCUT2D eigenvalue weighted by Gasteiger charge is -1.80. The summed E-state index contributed by atoms with van der Waals surface area (Å²) >= 11 is 3.71. The normalized spacial score (nSPS) is 10.5. The molecule has 0 saturated heterocycles. The van der Waals surface area contributed by atoms with Gasteiger partial charge in [-0.2, -0.15) is 0 Å². The number of nitrogens with zero attached hydrogens (tertiary/aromatic N) is 2. The second kappa shape index (κ2) is 3.14. The van der Waals surface area contributed by atoms with Gasteiger partial charge in [-0.15, -0.1) is 10.2 Å². The van der Waals surface area contributed by atoms with E-state index in [1.54, 1.807) is 17.6 Å². The van der Waals surface area contributed by atoms with Crippen LogP contribution in [0.4, 0.5) is 0 Å². The number of aryl methyl sites for hydroxylation is 1.